The van der Waals surface area contributed by atoms with Crippen molar-refractivity contribution in [2.24, 2.45) is 0 Å². The molecule has 0 fully saturated rings. The highest BCUT2D eigenvalue weighted by atomic mass is 32.2. The van der Waals surface area contributed by atoms with Gasteiger partial charge in [0.05, 0.1) is 0 Å². The van der Waals surface area contributed by atoms with Gasteiger partial charge in [-0.25, -0.2) is 0 Å². The molecule has 0 nitrogen and oxygen atoms in total. The maximum absolute atomic E-state index is 2.04. The van der Waals surface area contributed by atoms with E-state index in [1.54, 1.807) is 11.8 Å². The molecule has 0 aliphatic carbocycles. The van der Waals surface area contributed by atoms with Crippen molar-refractivity contribution >= 4 is 11.8 Å². The molecule has 0 unspecified atom stereocenters. The van der Waals surface area contributed by atoms with E-state index in [1.807, 2.05) is 118 Å². The van der Waals surface area contributed by atoms with E-state index in [-0.39, 0.29) is 0 Å². The molecule has 19 heavy (non-hydrogen) atoms. The molecule has 0 saturated heterocycles. The smallest absolute Gasteiger partial charge is 0.0142 e. The summed E-state index contributed by atoms with van der Waals surface area (Å²) in [6.45, 7) is 22.0. The van der Waals surface area contributed by atoms with Crippen molar-refractivity contribution < 1.29 is 0 Å². The summed E-state index contributed by atoms with van der Waals surface area (Å²) in [6, 6.07) is 0. The molecule has 0 aromatic heterocycles. The van der Waals surface area contributed by atoms with E-state index in [2.05, 4.69) is 0 Å². The lowest BCUT2D eigenvalue weighted by Crippen LogP contribution is -1.40. The van der Waals surface area contributed by atoms with Gasteiger partial charge in [0.2, 0.25) is 0 Å². The quantitative estimate of drug-likeness (QED) is 0.462. The summed E-state index contributed by atoms with van der Waals surface area (Å²) in [7, 11) is 0. The predicted octanol–water partition coefficient (Wildman–Crippen LogP) is 8.13. The second-order valence-electron chi connectivity index (χ2n) is 1.76. The molecule has 0 radical (unpaired) electrons. The third kappa shape index (κ3) is 204. The molecule has 0 aromatic rings. The first-order valence-electron chi connectivity index (χ1n) is 7.71. The molecule has 0 aromatic carbocycles. The van der Waals surface area contributed by atoms with Crippen LogP contribution in [0.4, 0.5) is 0 Å². The number of rotatable bonds is 2. The third-order valence-corrected chi connectivity index (χ3v) is 1.31. The fourth-order valence-corrected chi connectivity index (χ4v) is 0.630. The number of thioether (sulfide) groups is 1. The van der Waals surface area contributed by atoms with Gasteiger partial charge in [-0.1, -0.05) is 85.8 Å². The highest BCUT2D eigenvalue weighted by Crippen LogP contribution is 1.89. The van der Waals surface area contributed by atoms with Crippen LogP contribution in [0.2, 0.25) is 0 Å². The first-order chi connectivity index (χ1) is 9.33. The van der Waals surface area contributed by atoms with E-state index in [9.17, 15) is 0 Å². The van der Waals surface area contributed by atoms with E-state index >= 15 is 0 Å². The molecular weight excluding hydrogens is 248 g/mol. The molecule has 0 saturated carbocycles. The Morgan fingerprint density at radius 1 is 0.526 bits per heavy atom. The van der Waals surface area contributed by atoms with Crippen molar-refractivity contribution in [3.63, 3.8) is 0 Å². The van der Waals surface area contributed by atoms with Crippen LogP contribution in [0.5, 0.6) is 0 Å². The van der Waals surface area contributed by atoms with Gasteiger partial charge in [0.25, 0.3) is 0 Å². The van der Waals surface area contributed by atoms with Crippen molar-refractivity contribution in [1.29, 1.82) is 0 Å². The minimum Gasteiger partial charge on any atom is -0.138 e. The number of hydrogen-bond acceptors (Lipinski definition) is 1. The third-order valence-electron chi connectivity index (χ3n) is 0.768. The van der Waals surface area contributed by atoms with Crippen LogP contribution >= 0.6 is 11.8 Å². The lowest BCUT2D eigenvalue weighted by molar-refractivity contribution is 1.50. The summed E-state index contributed by atoms with van der Waals surface area (Å²) in [5.41, 5.74) is 0. The van der Waals surface area contributed by atoms with Gasteiger partial charge in [0.15, 0.2) is 0 Å². The maximum Gasteiger partial charge on any atom is -0.0142 e. The molecule has 0 bridgehead atoms. The Morgan fingerprint density at radius 3 is 0.842 bits per heavy atom. The predicted molar refractivity (Wildman–Crippen MR) is 103 cm³/mol. The molecule has 0 aliphatic heterocycles. The van der Waals surface area contributed by atoms with Crippen LogP contribution in [0.15, 0.2) is 35.8 Å². The highest BCUT2D eigenvalue weighted by Gasteiger charge is 1.51. The summed E-state index contributed by atoms with van der Waals surface area (Å²) in [5.74, 6) is 0. The molecule has 120 valence electrons. The average Bonchev–Trinajstić information content (AvgIpc) is 2.54. The zero-order valence-electron chi connectivity index (χ0n) is 15.9. The molecule has 1 heteroatoms. The molecule has 0 spiro atoms. The Labute approximate surface area is 130 Å². The van der Waals surface area contributed by atoms with E-state index < -0.39 is 0 Å². The van der Waals surface area contributed by atoms with Crippen LogP contribution in [0.1, 0.15) is 76.2 Å². The van der Waals surface area contributed by atoms with Gasteiger partial charge in [-0.2, -0.15) is 0 Å². The van der Waals surface area contributed by atoms with Crippen molar-refractivity contribution in [2.75, 3.05) is 6.26 Å². The largest absolute Gasteiger partial charge is 0.138 e. The second-order valence-corrected chi connectivity index (χ2v) is 2.50. The average molecular weight is 291 g/mol. The Bertz CT molecular complexity index is 112. The minimum atomic E-state index is 1.72. The summed E-state index contributed by atoms with van der Waals surface area (Å²) >= 11 is 1.72. The Morgan fingerprint density at radius 2 is 0.789 bits per heavy atom. The van der Waals surface area contributed by atoms with Gasteiger partial charge >= 0.3 is 0 Å². The lowest BCUT2D eigenvalue weighted by atomic mass is 10.5. The van der Waals surface area contributed by atoms with Crippen molar-refractivity contribution in [2.45, 2.75) is 76.2 Å². The maximum atomic E-state index is 2.04. The van der Waals surface area contributed by atoms with Crippen molar-refractivity contribution in [3.05, 3.63) is 35.8 Å². The van der Waals surface area contributed by atoms with Gasteiger partial charge < -0.3 is 0 Å². The SMILES string of the molecule is C/C=C\C=C/C.C/C=C\SC.CC.CC.CC.CC. The van der Waals surface area contributed by atoms with E-state index in [0.717, 1.165) is 0 Å². The van der Waals surface area contributed by atoms with Gasteiger partial charge in [-0.15, -0.1) is 11.8 Å². The Kier molecular flexibility index (Phi) is 213. The van der Waals surface area contributed by atoms with Gasteiger partial charge in [-0.05, 0) is 32.4 Å². The summed E-state index contributed by atoms with van der Waals surface area (Å²) in [5, 5.41) is 2.04. The first kappa shape index (κ1) is 36.3. The molecule has 0 atom stereocenters. The van der Waals surface area contributed by atoms with E-state index in [0.29, 0.717) is 0 Å². The number of allylic oxidation sites excluding steroid dienone is 5. The first-order valence-corrected chi connectivity index (χ1v) is 9.00. The van der Waals surface area contributed by atoms with Crippen molar-refractivity contribution in [3.8, 4) is 0 Å². The second kappa shape index (κ2) is 112. The van der Waals surface area contributed by atoms with Crippen LogP contribution in [0, 0.1) is 0 Å². The summed E-state index contributed by atoms with van der Waals surface area (Å²) < 4.78 is 0. The summed E-state index contributed by atoms with van der Waals surface area (Å²) in [6.07, 6.45) is 12.1. The molecular formula is C18H42S. The Hall–Kier alpha value is -0.430. The van der Waals surface area contributed by atoms with Crippen molar-refractivity contribution in [1.82, 2.24) is 0 Å². The molecule has 0 amide bonds. The van der Waals surface area contributed by atoms with Crippen LogP contribution < -0.4 is 0 Å². The van der Waals surface area contributed by atoms with Crippen LogP contribution in [-0.2, 0) is 0 Å². The van der Waals surface area contributed by atoms with Crippen LogP contribution in [-0.4, -0.2) is 6.26 Å². The fourth-order valence-electron chi connectivity index (χ4n) is 0.358. The van der Waals surface area contributed by atoms with Gasteiger partial charge in [0, 0.05) is 0 Å². The van der Waals surface area contributed by atoms with Gasteiger partial charge in [-0.3, -0.25) is 0 Å². The standard InChI is InChI=1S/C6H10.C4H8S.4C2H6/c1-3-5-6-4-2;1-3-4-5-2;4*1-2/h3-6H,1-2H3;3-4H,1-2H3;4*1-2H3/b5-3-,6-4-;4-3-;;;;. The van der Waals surface area contributed by atoms with E-state index in [1.165, 1.54) is 0 Å². The topological polar surface area (TPSA) is 0 Å². The van der Waals surface area contributed by atoms with Gasteiger partial charge in [0.1, 0.15) is 0 Å². The molecule has 0 aliphatic rings. The normalized spacial score (nSPS) is 7.58. The number of hydrogen-bond donors (Lipinski definition) is 0. The zero-order valence-corrected chi connectivity index (χ0v) is 16.7. The monoisotopic (exact) mass is 290 g/mol. The highest BCUT2D eigenvalue weighted by molar-refractivity contribution is 8.01. The summed E-state index contributed by atoms with van der Waals surface area (Å²) in [4.78, 5) is 0. The minimum absolute atomic E-state index is 1.72. The Balaban J connectivity index is -0.0000000294. The fraction of sp³-hybridized carbons (Fsp3) is 0.667. The molecule has 0 rings (SSSR count). The van der Waals surface area contributed by atoms with Crippen LogP contribution in [0.3, 0.4) is 0 Å². The zero-order chi connectivity index (χ0) is 16.9. The lowest BCUT2D eigenvalue weighted by Gasteiger charge is -1.66. The van der Waals surface area contributed by atoms with Crippen LogP contribution in [0.25, 0.3) is 0 Å². The molecule has 0 N–H and O–H groups in total. The molecule has 0 heterocycles. The van der Waals surface area contributed by atoms with E-state index in [4.69, 9.17) is 0 Å².